The maximum absolute atomic E-state index is 13.5. The molecule has 0 bridgehead atoms. The summed E-state index contributed by atoms with van der Waals surface area (Å²) in [6.07, 6.45) is -0.842. The molecule has 0 aliphatic rings. The molecule has 3 amide bonds. The molecular formula is C25H30N4O5S. The Bertz CT molecular complexity index is 1110. The van der Waals surface area contributed by atoms with Gasteiger partial charge in [0.05, 0.1) is 6.07 Å². The number of hydrogen-bond donors (Lipinski definition) is 4. The molecule has 2 rings (SSSR count). The Morgan fingerprint density at radius 1 is 1.14 bits per heavy atom. The lowest BCUT2D eigenvalue weighted by Gasteiger charge is -2.32. The smallest absolute Gasteiger partial charge is 0.408 e. The van der Waals surface area contributed by atoms with E-state index in [-0.39, 0.29) is 17.1 Å². The topological polar surface area (TPSA) is 132 Å². The molecule has 0 saturated heterocycles. The predicted molar refractivity (Wildman–Crippen MR) is 135 cm³/mol. The van der Waals surface area contributed by atoms with Gasteiger partial charge in [-0.2, -0.15) is 17.9 Å². The Labute approximate surface area is 210 Å². The summed E-state index contributed by atoms with van der Waals surface area (Å²) in [6, 6.07) is 12.5. The summed E-state index contributed by atoms with van der Waals surface area (Å²) in [4.78, 5) is 40.3. The number of para-hydroxylation sites is 2. The van der Waals surface area contributed by atoms with Crippen molar-refractivity contribution in [1.82, 2.24) is 10.2 Å². The van der Waals surface area contributed by atoms with Crippen molar-refractivity contribution in [2.75, 3.05) is 17.6 Å². The van der Waals surface area contributed by atoms with E-state index in [0.29, 0.717) is 5.69 Å². The summed E-state index contributed by atoms with van der Waals surface area (Å²) in [6.45, 7) is 6.35. The number of ether oxygens (including phenoxy) is 1. The van der Waals surface area contributed by atoms with Crippen molar-refractivity contribution in [3.63, 3.8) is 0 Å². The number of aromatic hydroxyl groups is 1. The third-order valence-electron chi connectivity index (χ3n) is 4.89. The number of anilines is 1. The normalized spacial score (nSPS) is 12.6. The van der Waals surface area contributed by atoms with Crippen LogP contribution < -0.4 is 10.6 Å². The van der Waals surface area contributed by atoms with Gasteiger partial charge in [-0.1, -0.05) is 36.4 Å². The number of phenols is 1. The Morgan fingerprint density at radius 3 is 2.34 bits per heavy atom. The second-order valence-electron chi connectivity index (χ2n) is 8.77. The number of nitrogens with zero attached hydrogens (tertiary/aromatic N) is 2. The lowest BCUT2D eigenvalue weighted by molar-refractivity contribution is -0.139. The van der Waals surface area contributed by atoms with Crippen LogP contribution in [-0.4, -0.2) is 51.9 Å². The van der Waals surface area contributed by atoms with Gasteiger partial charge in [0.15, 0.2) is 0 Å². The number of phenolic OH excluding ortho intramolecular Hbond substituents is 1. The zero-order chi connectivity index (χ0) is 26.2. The quantitative estimate of drug-likeness (QED) is 0.325. The van der Waals surface area contributed by atoms with Crippen molar-refractivity contribution in [3.05, 3.63) is 59.7 Å². The molecule has 2 aromatic carbocycles. The predicted octanol–water partition coefficient (Wildman–Crippen LogP) is 3.56. The summed E-state index contributed by atoms with van der Waals surface area (Å²) in [5.41, 5.74) is 0.624. The van der Waals surface area contributed by atoms with Gasteiger partial charge < -0.3 is 25.4 Å². The summed E-state index contributed by atoms with van der Waals surface area (Å²) in [5, 5.41) is 25.2. The third-order valence-corrected chi connectivity index (χ3v) is 5.26. The van der Waals surface area contributed by atoms with Gasteiger partial charge in [-0.25, -0.2) is 4.79 Å². The molecule has 10 heteroatoms. The van der Waals surface area contributed by atoms with Gasteiger partial charge in [0.1, 0.15) is 30.0 Å². The van der Waals surface area contributed by atoms with E-state index in [9.17, 15) is 24.8 Å². The molecule has 0 spiro atoms. The van der Waals surface area contributed by atoms with E-state index >= 15 is 0 Å². The number of carbonyl (C=O) groups excluding carboxylic acids is 3. The summed E-state index contributed by atoms with van der Waals surface area (Å²) in [7, 11) is 0. The van der Waals surface area contributed by atoms with Crippen molar-refractivity contribution in [2.24, 2.45) is 0 Å². The number of rotatable bonds is 8. The highest BCUT2D eigenvalue weighted by Crippen LogP contribution is 2.31. The van der Waals surface area contributed by atoms with Crippen LogP contribution >= 0.6 is 12.6 Å². The van der Waals surface area contributed by atoms with Crippen LogP contribution in [0, 0.1) is 18.3 Å². The highest BCUT2D eigenvalue weighted by Gasteiger charge is 2.37. The van der Waals surface area contributed by atoms with Crippen LogP contribution in [0.1, 0.15) is 37.9 Å². The number of hydrogen-bond acceptors (Lipinski definition) is 7. The van der Waals surface area contributed by atoms with Crippen LogP contribution in [0.15, 0.2) is 48.5 Å². The van der Waals surface area contributed by atoms with Crippen molar-refractivity contribution in [2.45, 2.75) is 45.4 Å². The Balaban J connectivity index is 2.47. The van der Waals surface area contributed by atoms with E-state index < -0.39 is 42.1 Å². The first-order valence-electron chi connectivity index (χ1n) is 10.9. The average Bonchev–Trinajstić information content (AvgIpc) is 2.78. The van der Waals surface area contributed by atoms with E-state index in [0.717, 1.165) is 10.5 Å². The molecule has 35 heavy (non-hydrogen) atoms. The van der Waals surface area contributed by atoms with Crippen LogP contribution in [-0.2, 0) is 14.3 Å². The SMILES string of the molecule is Cc1ccccc1NC(=O)C(c1ccccc1O)N(CC#N)C(=O)C(CS)NC(=O)OC(C)(C)C. The number of nitrogens with one attached hydrogen (secondary N) is 2. The number of amides is 3. The minimum absolute atomic E-state index is 0.118. The third kappa shape index (κ3) is 7.65. The van der Waals surface area contributed by atoms with Gasteiger partial charge in [-0.05, 0) is 45.4 Å². The fourth-order valence-corrected chi connectivity index (χ4v) is 3.54. The number of thiol groups is 1. The maximum Gasteiger partial charge on any atom is 0.408 e. The molecule has 0 radical (unpaired) electrons. The molecule has 2 unspecified atom stereocenters. The number of benzene rings is 2. The summed E-state index contributed by atoms with van der Waals surface area (Å²) < 4.78 is 5.22. The monoisotopic (exact) mass is 498 g/mol. The van der Waals surface area contributed by atoms with E-state index in [1.54, 1.807) is 45.0 Å². The number of carbonyl (C=O) groups is 3. The molecular weight excluding hydrogens is 468 g/mol. The first-order valence-corrected chi connectivity index (χ1v) is 11.5. The maximum atomic E-state index is 13.5. The first-order chi connectivity index (χ1) is 16.5. The molecule has 186 valence electrons. The fourth-order valence-electron chi connectivity index (χ4n) is 3.29. The highest BCUT2D eigenvalue weighted by molar-refractivity contribution is 7.80. The molecule has 2 atom stereocenters. The molecule has 0 aliphatic heterocycles. The van der Waals surface area contributed by atoms with E-state index in [4.69, 9.17) is 4.74 Å². The Morgan fingerprint density at radius 2 is 1.77 bits per heavy atom. The van der Waals surface area contributed by atoms with Gasteiger partial charge in [-0.15, -0.1) is 0 Å². The molecule has 2 aromatic rings. The van der Waals surface area contributed by atoms with E-state index in [1.165, 1.54) is 12.1 Å². The highest BCUT2D eigenvalue weighted by atomic mass is 32.1. The molecule has 3 N–H and O–H groups in total. The average molecular weight is 499 g/mol. The van der Waals surface area contributed by atoms with Crippen LogP contribution in [0.3, 0.4) is 0 Å². The molecule has 0 saturated carbocycles. The standard InChI is InChI=1S/C25H30N4O5S/c1-16-9-5-7-11-18(16)27-22(31)21(17-10-6-8-12-20(17)30)29(14-13-26)23(32)19(15-35)28-24(33)34-25(2,3)4/h5-12,19,21,30,35H,14-15H2,1-4H3,(H,27,31)(H,28,33). The summed E-state index contributed by atoms with van der Waals surface area (Å²) in [5.74, 6) is -1.72. The van der Waals surface area contributed by atoms with E-state index in [2.05, 4.69) is 23.3 Å². The van der Waals surface area contributed by atoms with Gasteiger partial charge in [0.25, 0.3) is 5.91 Å². The van der Waals surface area contributed by atoms with Gasteiger partial charge in [0, 0.05) is 17.0 Å². The molecule has 0 aromatic heterocycles. The molecule has 9 nitrogen and oxygen atoms in total. The van der Waals surface area contributed by atoms with Crippen molar-refractivity contribution in [3.8, 4) is 11.8 Å². The molecule has 0 fully saturated rings. The van der Waals surface area contributed by atoms with Crippen LogP contribution in [0.2, 0.25) is 0 Å². The molecule has 0 aliphatic carbocycles. The van der Waals surface area contributed by atoms with Crippen LogP contribution in [0.4, 0.5) is 10.5 Å². The number of aryl methyl sites for hydroxylation is 1. The van der Waals surface area contributed by atoms with E-state index in [1.807, 2.05) is 25.1 Å². The first kappa shape index (κ1) is 27.5. The largest absolute Gasteiger partial charge is 0.508 e. The second-order valence-corrected chi connectivity index (χ2v) is 9.14. The lowest BCUT2D eigenvalue weighted by Crippen LogP contribution is -2.53. The van der Waals surface area contributed by atoms with Crippen LogP contribution in [0.25, 0.3) is 0 Å². The van der Waals surface area contributed by atoms with Gasteiger partial charge in [-0.3, -0.25) is 9.59 Å². The lowest BCUT2D eigenvalue weighted by atomic mass is 10.0. The summed E-state index contributed by atoms with van der Waals surface area (Å²) >= 11 is 4.17. The fraction of sp³-hybridized carbons (Fsp3) is 0.360. The van der Waals surface area contributed by atoms with Crippen LogP contribution in [0.5, 0.6) is 5.75 Å². The second kappa shape index (κ2) is 12.1. The van der Waals surface area contributed by atoms with Crippen molar-refractivity contribution >= 4 is 36.2 Å². The number of alkyl carbamates (subject to hydrolysis) is 1. The molecule has 0 heterocycles. The zero-order valence-electron chi connectivity index (χ0n) is 20.1. The minimum atomic E-state index is -1.37. The van der Waals surface area contributed by atoms with Crippen molar-refractivity contribution < 1.29 is 24.2 Å². The van der Waals surface area contributed by atoms with Gasteiger partial charge in [0.2, 0.25) is 5.91 Å². The Hall–Kier alpha value is -3.71. The zero-order valence-corrected chi connectivity index (χ0v) is 21.0. The number of nitriles is 1. The Kier molecular flexibility index (Phi) is 9.54. The van der Waals surface area contributed by atoms with Crippen molar-refractivity contribution in [1.29, 1.82) is 5.26 Å². The van der Waals surface area contributed by atoms with Gasteiger partial charge >= 0.3 is 6.09 Å². The minimum Gasteiger partial charge on any atom is -0.508 e.